The average molecular weight is 440 g/mol. The van der Waals surface area contributed by atoms with Crippen molar-refractivity contribution in [2.24, 2.45) is 0 Å². The highest BCUT2D eigenvalue weighted by Crippen LogP contribution is 2.17. The summed E-state index contributed by atoms with van der Waals surface area (Å²) in [6.07, 6.45) is 2.95. The van der Waals surface area contributed by atoms with Crippen LogP contribution in [0.15, 0.2) is 57.8 Å². The Balaban J connectivity index is 2.20. The fourth-order valence-electron chi connectivity index (χ4n) is 2.48. The molecule has 0 saturated carbocycles. The van der Waals surface area contributed by atoms with E-state index in [1.54, 1.807) is 36.4 Å². The van der Waals surface area contributed by atoms with Crippen LogP contribution >= 0.6 is 15.9 Å². The third kappa shape index (κ3) is 3.89. The van der Waals surface area contributed by atoms with Gasteiger partial charge in [-0.25, -0.2) is 9.18 Å². The summed E-state index contributed by atoms with van der Waals surface area (Å²) in [6, 6.07) is 13.7. The van der Waals surface area contributed by atoms with E-state index in [0.29, 0.717) is 0 Å². The first-order valence-electron chi connectivity index (χ1n) is 7.91. The van der Waals surface area contributed by atoms with Crippen LogP contribution in [0.4, 0.5) is 4.39 Å². The van der Waals surface area contributed by atoms with Gasteiger partial charge in [0.25, 0.3) is 5.56 Å². The van der Waals surface area contributed by atoms with Crippen LogP contribution in [0.2, 0.25) is 0 Å². The standard InChI is InChI=1S/C20H11BrFN3O3/c21-13-4-1-12(2-5-13)3-10-16-17(11-23)19(26)25(24-18(16)20(27)28)15-8-6-14(22)7-9-15/h1-10H,(H,27,28)/b10-3-. The molecule has 2 aromatic carbocycles. The van der Waals surface area contributed by atoms with Gasteiger partial charge in [0, 0.05) is 10.0 Å². The Labute approximate surface area is 166 Å². The van der Waals surface area contributed by atoms with Gasteiger partial charge in [0.05, 0.1) is 5.69 Å². The fraction of sp³-hybridized carbons (Fsp3) is 0. The number of aromatic nitrogens is 2. The molecule has 8 heteroatoms. The summed E-state index contributed by atoms with van der Waals surface area (Å²) >= 11 is 3.32. The maximum Gasteiger partial charge on any atom is 0.357 e. The van der Waals surface area contributed by atoms with Crippen molar-refractivity contribution in [3.05, 3.63) is 91.6 Å². The summed E-state index contributed by atoms with van der Waals surface area (Å²) in [7, 11) is 0. The SMILES string of the molecule is N#Cc1c(/C=C\c2ccc(Br)cc2)c(C(=O)O)nn(-c2ccc(F)cc2)c1=O. The number of rotatable bonds is 4. The van der Waals surface area contributed by atoms with Crippen molar-refractivity contribution in [3.8, 4) is 11.8 Å². The van der Waals surface area contributed by atoms with E-state index in [-0.39, 0.29) is 16.8 Å². The lowest BCUT2D eigenvalue weighted by Crippen LogP contribution is -2.28. The average Bonchev–Trinajstić information content (AvgIpc) is 2.68. The molecule has 0 unspecified atom stereocenters. The van der Waals surface area contributed by atoms with Gasteiger partial charge in [-0.1, -0.05) is 40.2 Å². The summed E-state index contributed by atoms with van der Waals surface area (Å²) in [6.45, 7) is 0. The summed E-state index contributed by atoms with van der Waals surface area (Å²) < 4.78 is 14.8. The molecule has 3 aromatic rings. The van der Waals surface area contributed by atoms with Gasteiger partial charge in [-0.15, -0.1) is 0 Å². The van der Waals surface area contributed by atoms with E-state index in [1.165, 1.54) is 18.2 Å². The highest BCUT2D eigenvalue weighted by Gasteiger charge is 2.21. The highest BCUT2D eigenvalue weighted by molar-refractivity contribution is 9.10. The number of nitrogens with zero attached hydrogens (tertiary/aromatic N) is 3. The minimum Gasteiger partial charge on any atom is -0.476 e. The maximum absolute atomic E-state index is 13.1. The lowest BCUT2D eigenvalue weighted by atomic mass is 10.1. The van der Waals surface area contributed by atoms with Crippen LogP contribution in [0.3, 0.4) is 0 Å². The fourth-order valence-corrected chi connectivity index (χ4v) is 2.74. The van der Waals surface area contributed by atoms with Crippen molar-refractivity contribution in [1.82, 2.24) is 9.78 Å². The van der Waals surface area contributed by atoms with E-state index < -0.39 is 23.0 Å². The first-order chi connectivity index (χ1) is 13.4. The molecular formula is C20H11BrFN3O3. The number of nitriles is 1. The van der Waals surface area contributed by atoms with E-state index in [0.717, 1.165) is 26.9 Å². The molecule has 0 fully saturated rings. The number of halogens is 2. The van der Waals surface area contributed by atoms with Gasteiger partial charge >= 0.3 is 5.97 Å². The zero-order valence-electron chi connectivity index (χ0n) is 14.1. The lowest BCUT2D eigenvalue weighted by molar-refractivity contribution is 0.0688. The molecule has 1 N–H and O–H groups in total. The van der Waals surface area contributed by atoms with Gasteiger partial charge in [-0.2, -0.15) is 15.0 Å². The molecule has 1 aromatic heterocycles. The molecule has 28 heavy (non-hydrogen) atoms. The minimum atomic E-state index is -1.40. The molecule has 0 spiro atoms. The third-order valence-corrected chi connectivity index (χ3v) is 4.36. The molecule has 6 nitrogen and oxygen atoms in total. The van der Waals surface area contributed by atoms with E-state index in [1.807, 2.05) is 0 Å². The molecule has 3 rings (SSSR count). The van der Waals surface area contributed by atoms with E-state index in [2.05, 4.69) is 21.0 Å². The Morgan fingerprint density at radius 1 is 1.14 bits per heavy atom. The Morgan fingerprint density at radius 3 is 2.36 bits per heavy atom. The molecule has 0 radical (unpaired) electrons. The second kappa shape index (κ2) is 7.98. The molecule has 0 amide bonds. The van der Waals surface area contributed by atoms with Crippen LogP contribution < -0.4 is 5.56 Å². The molecule has 0 atom stereocenters. The van der Waals surface area contributed by atoms with Crippen molar-refractivity contribution in [1.29, 1.82) is 5.26 Å². The van der Waals surface area contributed by atoms with Gasteiger partial charge in [0.15, 0.2) is 5.69 Å². The maximum atomic E-state index is 13.1. The predicted octanol–water partition coefficient (Wildman–Crippen LogP) is 3.87. The van der Waals surface area contributed by atoms with Gasteiger partial charge in [0.1, 0.15) is 17.4 Å². The van der Waals surface area contributed by atoms with Crippen molar-refractivity contribution in [2.45, 2.75) is 0 Å². The minimum absolute atomic E-state index is 0.0960. The molecule has 1 heterocycles. The number of hydrogen-bond donors (Lipinski definition) is 1. The summed E-state index contributed by atoms with van der Waals surface area (Å²) in [5.74, 6) is -1.92. The highest BCUT2D eigenvalue weighted by atomic mass is 79.9. The molecule has 0 saturated heterocycles. The summed E-state index contributed by atoms with van der Waals surface area (Å²) in [5.41, 5.74) is -0.838. The summed E-state index contributed by atoms with van der Waals surface area (Å²) in [4.78, 5) is 24.4. The number of hydrogen-bond acceptors (Lipinski definition) is 4. The van der Waals surface area contributed by atoms with Crippen LogP contribution in [0, 0.1) is 17.1 Å². The van der Waals surface area contributed by atoms with Crippen molar-refractivity contribution < 1.29 is 14.3 Å². The van der Waals surface area contributed by atoms with Crippen LogP contribution in [0.5, 0.6) is 0 Å². The van der Waals surface area contributed by atoms with E-state index in [4.69, 9.17) is 0 Å². The molecule has 0 bridgehead atoms. The molecular weight excluding hydrogens is 429 g/mol. The first-order valence-corrected chi connectivity index (χ1v) is 8.70. The normalized spacial score (nSPS) is 10.8. The Kier molecular flexibility index (Phi) is 5.47. The zero-order chi connectivity index (χ0) is 20.3. The molecule has 0 aliphatic rings. The first kappa shape index (κ1) is 19.2. The molecule has 0 aliphatic carbocycles. The summed E-state index contributed by atoms with van der Waals surface area (Å²) in [5, 5.41) is 22.9. The predicted molar refractivity (Wildman–Crippen MR) is 105 cm³/mol. The third-order valence-electron chi connectivity index (χ3n) is 3.83. The largest absolute Gasteiger partial charge is 0.476 e. The van der Waals surface area contributed by atoms with Crippen molar-refractivity contribution in [2.75, 3.05) is 0 Å². The quantitative estimate of drug-likeness (QED) is 0.665. The second-order valence-electron chi connectivity index (χ2n) is 5.63. The Morgan fingerprint density at radius 2 is 1.79 bits per heavy atom. The van der Waals surface area contributed by atoms with Gasteiger partial charge in [0.2, 0.25) is 0 Å². The number of carboxylic acids is 1. The Hall–Kier alpha value is -3.57. The molecule has 138 valence electrons. The number of carboxylic acid groups (broad SMARTS) is 1. The lowest BCUT2D eigenvalue weighted by Gasteiger charge is -2.09. The van der Waals surface area contributed by atoms with Gasteiger partial charge < -0.3 is 5.11 Å². The van der Waals surface area contributed by atoms with E-state index >= 15 is 0 Å². The monoisotopic (exact) mass is 439 g/mol. The zero-order valence-corrected chi connectivity index (χ0v) is 15.7. The van der Waals surface area contributed by atoms with Crippen LogP contribution in [-0.2, 0) is 0 Å². The Bertz CT molecular complexity index is 1180. The van der Waals surface area contributed by atoms with Gasteiger partial charge in [-0.3, -0.25) is 4.79 Å². The molecule has 0 aliphatic heterocycles. The van der Waals surface area contributed by atoms with Crippen molar-refractivity contribution in [3.63, 3.8) is 0 Å². The van der Waals surface area contributed by atoms with Crippen LogP contribution in [0.1, 0.15) is 27.2 Å². The van der Waals surface area contributed by atoms with E-state index in [9.17, 15) is 24.3 Å². The van der Waals surface area contributed by atoms with Gasteiger partial charge in [-0.05, 0) is 42.0 Å². The van der Waals surface area contributed by atoms with Crippen LogP contribution in [0.25, 0.3) is 17.8 Å². The van der Waals surface area contributed by atoms with Crippen LogP contribution in [-0.4, -0.2) is 20.9 Å². The smallest absolute Gasteiger partial charge is 0.357 e. The number of benzene rings is 2. The number of carbonyl (C=O) groups is 1. The van der Waals surface area contributed by atoms with Crippen molar-refractivity contribution >= 4 is 34.1 Å². The topological polar surface area (TPSA) is 96.0 Å². The second-order valence-corrected chi connectivity index (χ2v) is 6.55. The number of aromatic carboxylic acids is 1.